The molecule has 0 saturated carbocycles. The molecule has 1 N–H and O–H groups in total. The van der Waals surface area contributed by atoms with Crippen molar-refractivity contribution in [3.05, 3.63) is 45.7 Å². The largest absolute Gasteiger partial charge is 0.491 e. The summed E-state index contributed by atoms with van der Waals surface area (Å²) in [6, 6.07) is 5.05. The Balaban J connectivity index is 2.00. The van der Waals surface area contributed by atoms with Gasteiger partial charge in [0.05, 0.1) is 18.8 Å². The Morgan fingerprint density at radius 1 is 1.31 bits per heavy atom. The molecule has 3 rings (SSSR count). The molecule has 1 aromatic carbocycles. The highest BCUT2D eigenvalue weighted by molar-refractivity contribution is 5.87. The van der Waals surface area contributed by atoms with Gasteiger partial charge in [0.1, 0.15) is 30.3 Å². The minimum Gasteiger partial charge on any atom is -0.491 e. The van der Waals surface area contributed by atoms with E-state index in [1.165, 1.54) is 12.3 Å². The van der Waals surface area contributed by atoms with Gasteiger partial charge in [-0.1, -0.05) is 0 Å². The van der Waals surface area contributed by atoms with Gasteiger partial charge in [-0.15, -0.1) is 0 Å². The van der Waals surface area contributed by atoms with Crippen LogP contribution in [0.15, 0.2) is 29.2 Å². The number of ether oxygens (including phenoxy) is 3. The Morgan fingerprint density at radius 2 is 2.12 bits per heavy atom. The van der Waals surface area contributed by atoms with Gasteiger partial charge in [0.15, 0.2) is 5.43 Å². The van der Waals surface area contributed by atoms with E-state index in [4.69, 9.17) is 19.3 Å². The van der Waals surface area contributed by atoms with Crippen molar-refractivity contribution in [1.29, 1.82) is 0 Å². The van der Waals surface area contributed by atoms with Crippen molar-refractivity contribution in [2.24, 2.45) is 0 Å². The fraction of sp³-hybridized carbons (Fsp3) is 0.368. The van der Waals surface area contributed by atoms with Crippen molar-refractivity contribution in [3.8, 4) is 22.8 Å². The summed E-state index contributed by atoms with van der Waals surface area (Å²) >= 11 is 0. The first-order chi connectivity index (χ1) is 12.5. The zero-order valence-corrected chi connectivity index (χ0v) is 14.8. The first kappa shape index (κ1) is 18.0. The predicted octanol–water partition coefficient (Wildman–Crippen LogP) is 2.33. The van der Waals surface area contributed by atoms with E-state index < -0.39 is 11.4 Å². The van der Waals surface area contributed by atoms with E-state index in [1.54, 1.807) is 4.57 Å². The second kappa shape index (κ2) is 7.61. The number of carbonyl (C=O) groups is 1. The number of fused-ring (bicyclic) bond motifs is 3. The number of pyridine rings is 1. The van der Waals surface area contributed by atoms with Crippen molar-refractivity contribution in [2.45, 2.75) is 20.4 Å². The fourth-order valence-electron chi connectivity index (χ4n) is 2.91. The van der Waals surface area contributed by atoms with E-state index in [2.05, 4.69) is 0 Å². The van der Waals surface area contributed by atoms with Crippen molar-refractivity contribution in [2.75, 3.05) is 26.4 Å². The summed E-state index contributed by atoms with van der Waals surface area (Å²) < 4.78 is 18.6. The highest BCUT2D eigenvalue weighted by Gasteiger charge is 2.20. The maximum Gasteiger partial charge on any atom is 0.341 e. The molecule has 1 aromatic heterocycles. The normalized spacial score (nSPS) is 12.5. The molecule has 0 saturated heterocycles. The van der Waals surface area contributed by atoms with Gasteiger partial charge in [0.2, 0.25) is 0 Å². The van der Waals surface area contributed by atoms with Crippen molar-refractivity contribution >= 4 is 5.97 Å². The highest BCUT2D eigenvalue weighted by atomic mass is 16.5. The zero-order chi connectivity index (χ0) is 18.7. The monoisotopic (exact) mass is 359 g/mol. The second-order valence-corrected chi connectivity index (χ2v) is 5.94. The maximum absolute atomic E-state index is 12.1. The summed E-state index contributed by atoms with van der Waals surface area (Å²) in [4.78, 5) is 23.3. The fourth-order valence-corrected chi connectivity index (χ4v) is 2.91. The molecule has 0 unspecified atom stereocenters. The summed E-state index contributed by atoms with van der Waals surface area (Å²) in [5.41, 5.74) is 1.51. The maximum atomic E-state index is 12.1. The van der Waals surface area contributed by atoms with Crippen LogP contribution < -0.4 is 14.9 Å². The van der Waals surface area contributed by atoms with Crippen LogP contribution in [-0.4, -0.2) is 42.1 Å². The molecule has 0 bridgehead atoms. The SMILES string of the molecule is CCOCCOc1cc2c(cc1C)-c1cc(=O)c(C(=O)O)cn1CCO2. The Morgan fingerprint density at radius 3 is 2.85 bits per heavy atom. The molecule has 0 amide bonds. The Labute approximate surface area is 150 Å². The lowest BCUT2D eigenvalue weighted by atomic mass is 10.0. The van der Waals surface area contributed by atoms with E-state index in [-0.39, 0.29) is 5.56 Å². The minimum atomic E-state index is -1.23. The lowest BCUT2D eigenvalue weighted by Gasteiger charge is -2.15. The predicted molar refractivity (Wildman–Crippen MR) is 95.3 cm³/mol. The highest BCUT2D eigenvalue weighted by Crippen LogP contribution is 2.37. The molecule has 2 heterocycles. The number of nitrogens with zero attached hydrogens (tertiary/aromatic N) is 1. The number of hydrogen-bond acceptors (Lipinski definition) is 5. The Bertz CT molecular complexity index is 886. The average Bonchev–Trinajstić information content (AvgIpc) is 2.77. The third kappa shape index (κ3) is 3.57. The topological polar surface area (TPSA) is 87.0 Å². The Kier molecular flexibility index (Phi) is 5.27. The van der Waals surface area contributed by atoms with Gasteiger partial charge in [-0.25, -0.2) is 4.79 Å². The van der Waals surface area contributed by atoms with E-state index in [0.29, 0.717) is 50.2 Å². The first-order valence-corrected chi connectivity index (χ1v) is 8.47. The number of benzene rings is 1. The first-order valence-electron chi connectivity index (χ1n) is 8.47. The van der Waals surface area contributed by atoms with Gasteiger partial charge >= 0.3 is 5.97 Å². The minimum absolute atomic E-state index is 0.246. The van der Waals surface area contributed by atoms with Gasteiger partial charge in [0.25, 0.3) is 0 Å². The molecule has 0 fully saturated rings. The van der Waals surface area contributed by atoms with Crippen molar-refractivity contribution in [1.82, 2.24) is 4.57 Å². The number of aromatic carboxylic acids is 1. The second-order valence-electron chi connectivity index (χ2n) is 5.94. The molecule has 0 spiro atoms. The molecule has 26 heavy (non-hydrogen) atoms. The third-order valence-corrected chi connectivity index (χ3v) is 4.19. The molecule has 7 nitrogen and oxygen atoms in total. The van der Waals surface area contributed by atoms with Gasteiger partial charge in [-0.2, -0.15) is 0 Å². The van der Waals surface area contributed by atoms with Gasteiger partial charge < -0.3 is 23.9 Å². The summed E-state index contributed by atoms with van der Waals surface area (Å²) in [6.45, 7) is 6.23. The van der Waals surface area contributed by atoms with Gasteiger partial charge in [-0.3, -0.25) is 4.79 Å². The number of rotatable bonds is 6. The molecule has 0 aliphatic carbocycles. The lowest BCUT2D eigenvalue weighted by molar-refractivity contribution is 0.0694. The lowest BCUT2D eigenvalue weighted by Crippen LogP contribution is -2.19. The molecular weight excluding hydrogens is 338 g/mol. The smallest absolute Gasteiger partial charge is 0.341 e. The average molecular weight is 359 g/mol. The molecule has 138 valence electrons. The van der Waals surface area contributed by atoms with E-state index in [9.17, 15) is 9.59 Å². The quantitative estimate of drug-likeness (QED) is 0.797. The number of aryl methyl sites for hydroxylation is 1. The summed E-state index contributed by atoms with van der Waals surface area (Å²) in [7, 11) is 0. The number of carboxylic acid groups (broad SMARTS) is 1. The standard InChI is InChI=1S/C19H21NO6/c1-3-24-6-7-26-17-10-18-13(8-12(17)2)15-9-16(21)14(19(22)23)11-20(15)4-5-25-18/h8-11H,3-7H2,1-2H3,(H,22,23). The van der Waals surface area contributed by atoms with Crippen LogP contribution in [0.25, 0.3) is 11.3 Å². The molecular formula is C19H21NO6. The summed E-state index contributed by atoms with van der Waals surface area (Å²) in [5.74, 6) is 0.0713. The van der Waals surface area contributed by atoms with Crippen LogP contribution >= 0.6 is 0 Å². The van der Waals surface area contributed by atoms with Crippen LogP contribution in [0, 0.1) is 6.92 Å². The molecule has 0 radical (unpaired) electrons. The van der Waals surface area contributed by atoms with E-state index in [0.717, 1.165) is 11.1 Å². The van der Waals surface area contributed by atoms with Crippen molar-refractivity contribution in [3.63, 3.8) is 0 Å². The van der Waals surface area contributed by atoms with Gasteiger partial charge in [0, 0.05) is 30.5 Å². The van der Waals surface area contributed by atoms with Crippen LogP contribution in [0.5, 0.6) is 11.5 Å². The Hall–Kier alpha value is -2.80. The number of hydrogen-bond donors (Lipinski definition) is 1. The van der Waals surface area contributed by atoms with Gasteiger partial charge in [-0.05, 0) is 25.5 Å². The molecule has 0 atom stereocenters. The number of aromatic nitrogens is 1. The molecule has 2 aromatic rings. The molecule has 7 heteroatoms. The van der Waals surface area contributed by atoms with E-state index in [1.807, 2.05) is 26.0 Å². The summed E-state index contributed by atoms with van der Waals surface area (Å²) in [6.07, 6.45) is 1.38. The molecule has 1 aliphatic heterocycles. The van der Waals surface area contributed by atoms with E-state index >= 15 is 0 Å². The van der Waals surface area contributed by atoms with Crippen LogP contribution in [0.3, 0.4) is 0 Å². The van der Waals surface area contributed by atoms with Crippen LogP contribution in [0.1, 0.15) is 22.8 Å². The van der Waals surface area contributed by atoms with Crippen molar-refractivity contribution < 1.29 is 24.1 Å². The number of carboxylic acids is 1. The zero-order valence-electron chi connectivity index (χ0n) is 14.8. The van der Waals surface area contributed by atoms with Crippen LogP contribution in [-0.2, 0) is 11.3 Å². The summed E-state index contributed by atoms with van der Waals surface area (Å²) in [5, 5.41) is 9.16. The van der Waals surface area contributed by atoms with Crippen LogP contribution in [0.2, 0.25) is 0 Å². The molecule has 1 aliphatic rings. The van der Waals surface area contributed by atoms with Crippen LogP contribution in [0.4, 0.5) is 0 Å². The third-order valence-electron chi connectivity index (χ3n) is 4.19.